The molecule has 1 saturated heterocycles. The number of imidazole rings is 1. The summed E-state index contributed by atoms with van der Waals surface area (Å²) in [7, 11) is 0. The fraction of sp³-hybridized carbons (Fsp3) is 0.350. The third-order valence-electron chi connectivity index (χ3n) is 5.47. The predicted molar refractivity (Wildman–Crippen MR) is 119 cm³/mol. The highest BCUT2D eigenvalue weighted by molar-refractivity contribution is 7.07. The monoisotopic (exact) mass is 504 g/mol. The van der Waals surface area contributed by atoms with Gasteiger partial charge in [0, 0.05) is 5.38 Å². The van der Waals surface area contributed by atoms with Crippen LogP contribution >= 0.6 is 22.9 Å². The van der Waals surface area contributed by atoms with Gasteiger partial charge in [-0.15, -0.1) is 30.1 Å². The standard InChI is InChI=1S/C20H17ClN6O6S/c1-3-5-20(17(29)30,10-7-34-9-24-10)32-6-11-19(31,4-2)13(28)16(33-11)27-8-23-12-14(22)25-18(21)26-15(12)27/h1-2,7-9,11,13,16,28,31H,5-6H2,(H,29,30)(H2,22,25,26)/t11-,13+,16-,19-,20?/m1/s1. The Labute approximate surface area is 201 Å². The molecule has 3 aromatic heterocycles. The van der Waals surface area contributed by atoms with Crippen LogP contribution in [0.4, 0.5) is 5.82 Å². The van der Waals surface area contributed by atoms with Gasteiger partial charge in [0.1, 0.15) is 17.7 Å². The molecule has 5 N–H and O–H groups in total. The van der Waals surface area contributed by atoms with Crippen molar-refractivity contribution in [2.75, 3.05) is 12.3 Å². The van der Waals surface area contributed by atoms with E-state index in [4.69, 9.17) is 39.7 Å². The minimum absolute atomic E-state index is 0.00267. The highest BCUT2D eigenvalue weighted by Gasteiger charge is 2.57. The maximum absolute atomic E-state index is 12.2. The van der Waals surface area contributed by atoms with E-state index in [0.717, 1.165) is 11.3 Å². The maximum Gasteiger partial charge on any atom is 0.343 e. The first-order valence-electron chi connectivity index (χ1n) is 9.56. The fourth-order valence-electron chi connectivity index (χ4n) is 3.65. The quantitative estimate of drug-likeness (QED) is 0.254. The molecule has 1 fully saturated rings. The third kappa shape index (κ3) is 3.65. The number of anilines is 1. The second kappa shape index (κ2) is 8.81. The number of aliphatic carboxylic acids is 1. The molecule has 12 nitrogen and oxygen atoms in total. The molecule has 4 heterocycles. The lowest BCUT2D eigenvalue weighted by Crippen LogP contribution is -2.50. The molecule has 4 rings (SSSR count). The zero-order valence-electron chi connectivity index (χ0n) is 17.2. The number of nitrogens with two attached hydrogens (primary N) is 1. The molecular weight excluding hydrogens is 488 g/mol. The lowest BCUT2D eigenvalue weighted by molar-refractivity contribution is -0.178. The number of hydrogen-bond donors (Lipinski definition) is 4. The van der Waals surface area contributed by atoms with Gasteiger partial charge in [0.05, 0.1) is 30.6 Å². The summed E-state index contributed by atoms with van der Waals surface area (Å²) in [5.74, 6) is 3.00. The number of aliphatic hydroxyl groups is 2. The van der Waals surface area contributed by atoms with Crippen molar-refractivity contribution in [3.63, 3.8) is 0 Å². The van der Waals surface area contributed by atoms with Crippen LogP contribution in [0.1, 0.15) is 18.3 Å². The number of halogens is 1. The van der Waals surface area contributed by atoms with Crippen molar-refractivity contribution in [3.8, 4) is 24.7 Å². The molecule has 0 amide bonds. The summed E-state index contributed by atoms with van der Waals surface area (Å²) >= 11 is 7.05. The van der Waals surface area contributed by atoms with Crippen LogP contribution in [0.2, 0.25) is 5.28 Å². The van der Waals surface area contributed by atoms with Gasteiger partial charge in [-0.2, -0.15) is 9.97 Å². The van der Waals surface area contributed by atoms with Crippen LogP contribution in [-0.4, -0.2) is 70.2 Å². The number of aromatic nitrogens is 5. The highest BCUT2D eigenvalue weighted by atomic mass is 35.5. The predicted octanol–water partition coefficient (Wildman–Crippen LogP) is 0.161. The average Bonchev–Trinajstić information content (AvgIpc) is 3.52. The number of thiazole rings is 1. The van der Waals surface area contributed by atoms with Crippen LogP contribution in [0.25, 0.3) is 11.2 Å². The van der Waals surface area contributed by atoms with Crippen molar-refractivity contribution in [1.29, 1.82) is 0 Å². The van der Waals surface area contributed by atoms with Crippen molar-refractivity contribution in [2.45, 2.75) is 36.1 Å². The summed E-state index contributed by atoms with van der Waals surface area (Å²) in [6, 6.07) is 0. The Bertz CT molecular complexity index is 1320. The van der Waals surface area contributed by atoms with Crippen molar-refractivity contribution in [2.24, 2.45) is 0 Å². The van der Waals surface area contributed by atoms with E-state index < -0.39 is 42.2 Å². The fourth-order valence-corrected chi connectivity index (χ4v) is 4.44. The van der Waals surface area contributed by atoms with Crippen LogP contribution < -0.4 is 5.73 Å². The van der Waals surface area contributed by atoms with Gasteiger partial charge in [-0.3, -0.25) is 4.57 Å². The number of carbonyl (C=O) groups is 1. The second-order valence-electron chi connectivity index (χ2n) is 7.33. The first-order valence-corrected chi connectivity index (χ1v) is 10.9. The molecule has 0 aliphatic carbocycles. The Morgan fingerprint density at radius 1 is 1.44 bits per heavy atom. The maximum atomic E-state index is 12.2. The molecule has 176 valence electrons. The number of ether oxygens (including phenoxy) is 2. The molecule has 0 radical (unpaired) electrons. The number of rotatable bonds is 7. The van der Waals surface area contributed by atoms with Crippen LogP contribution in [0.3, 0.4) is 0 Å². The number of carboxylic acid groups (broad SMARTS) is 1. The lowest BCUT2D eigenvalue weighted by atomic mass is 9.92. The van der Waals surface area contributed by atoms with E-state index in [9.17, 15) is 20.1 Å². The van der Waals surface area contributed by atoms with E-state index >= 15 is 0 Å². The smallest absolute Gasteiger partial charge is 0.343 e. The van der Waals surface area contributed by atoms with Gasteiger partial charge in [0.15, 0.2) is 23.3 Å². The van der Waals surface area contributed by atoms with Crippen molar-refractivity contribution >= 4 is 45.9 Å². The molecule has 0 bridgehead atoms. The van der Waals surface area contributed by atoms with Gasteiger partial charge in [-0.25, -0.2) is 14.8 Å². The number of fused-ring (bicyclic) bond motifs is 1. The average molecular weight is 505 g/mol. The molecule has 0 spiro atoms. The molecule has 3 aromatic rings. The van der Waals surface area contributed by atoms with Crippen LogP contribution in [0.15, 0.2) is 17.2 Å². The second-order valence-corrected chi connectivity index (χ2v) is 8.39. The zero-order valence-corrected chi connectivity index (χ0v) is 18.8. The summed E-state index contributed by atoms with van der Waals surface area (Å²) in [4.78, 5) is 28.2. The Morgan fingerprint density at radius 3 is 2.82 bits per heavy atom. The lowest BCUT2D eigenvalue weighted by Gasteiger charge is -2.30. The van der Waals surface area contributed by atoms with Gasteiger partial charge < -0.3 is 30.5 Å². The normalized spacial score (nSPS) is 26.1. The Kier molecular flexibility index (Phi) is 6.18. The number of terminal acetylenes is 2. The minimum atomic E-state index is -2.27. The molecule has 5 atom stereocenters. The molecular formula is C20H17ClN6O6S. The third-order valence-corrected chi connectivity index (χ3v) is 6.22. The number of hydrogen-bond acceptors (Lipinski definition) is 11. The van der Waals surface area contributed by atoms with Gasteiger partial charge in [0.25, 0.3) is 0 Å². The van der Waals surface area contributed by atoms with E-state index in [1.807, 2.05) is 0 Å². The van der Waals surface area contributed by atoms with Gasteiger partial charge in [0.2, 0.25) is 10.9 Å². The molecule has 34 heavy (non-hydrogen) atoms. The zero-order chi connectivity index (χ0) is 24.7. The summed E-state index contributed by atoms with van der Waals surface area (Å²) in [6.07, 6.45) is 7.46. The summed E-state index contributed by atoms with van der Waals surface area (Å²) in [5.41, 5.74) is 3.34. The van der Waals surface area contributed by atoms with E-state index in [0.29, 0.717) is 0 Å². The number of carboxylic acids is 1. The molecule has 1 aliphatic heterocycles. The first kappa shape index (κ1) is 23.8. The van der Waals surface area contributed by atoms with E-state index in [-0.39, 0.29) is 34.4 Å². The summed E-state index contributed by atoms with van der Waals surface area (Å²) < 4.78 is 12.8. The van der Waals surface area contributed by atoms with Crippen LogP contribution in [-0.2, 0) is 19.9 Å². The van der Waals surface area contributed by atoms with Gasteiger partial charge in [-0.05, 0) is 11.6 Å². The highest BCUT2D eigenvalue weighted by Crippen LogP contribution is 2.40. The van der Waals surface area contributed by atoms with Crippen molar-refractivity contribution < 1.29 is 29.6 Å². The Balaban J connectivity index is 1.68. The van der Waals surface area contributed by atoms with Crippen molar-refractivity contribution in [3.05, 3.63) is 28.2 Å². The summed E-state index contributed by atoms with van der Waals surface area (Å²) in [6.45, 7) is -0.551. The van der Waals surface area contributed by atoms with E-state index in [1.54, 1.807) is 0 Å². The van der Waals surface area contributed by atoms with Gasteiger partial charge >= 0.3 is 5.97 Å². The topological polar surface area (TPSA) is 179 Å². The number of aliphatic hydroxyl groups excluding tert-OH is 1. The minimum Gasteiger partial charge on any atom is -0.479 e. The summed E-state index contributed by atoms with van der Waals surface area (Å²) in [5, 5.41) is 33.2. The molecule has 14 heteroatoms. The molecule has 0 aromatic carbocycles. The number of nitrogen functional groups attached to an aromatic ring is 1. The Morgan fingerprint density at radius 2 is 2.21 bits per heavy atom. The van der Waals surface area contributed by atoms with Gasteiger partial charge in [-0.1, -0.05) is 5.92 Å². The van der Waals surface area contributed by atoms with Crippen LogP contribution in [0.5, 0.6) is 0 Å². The molecule has 0 saturated carbocycles. The van der Waals surface area contributed by atoms with E-state index in [2.05, 4.69) is 31.8 Å². The molecule has 1 aliphatic rings. The van der Waals surface area contributed by atoms with Crippen LogP contribution in [0, 0.1) is 24.7 Å². The first-order chi connectivity index (χ1) is 16.2. The van der Waals surface area contributed by atoms with E-state index in [1.165, 1.54) is 21.8 Å². The Hall–Kier alpha value is -3.30. The SMILES string of the molecule is C#CCC(OC[C@H]1O[C@@H](n2cnc3c(N)nc(Cl)nc32)[C@H](O)[C@@]1(O)C#C)(C(=O)O)c1cscn1. The largest absolute Gasteiger partial charge is 0.479 e. The number of nitrogens with zero attached hydrogens (tertiary/aromatic N) is 5. The molecule has 1 unspecified atom stereocenters. The van der Waals surface area contributed by atoms with Crippen molar-refractivity contribution in [1.82, 2.24) is 24.5 Å².